The normalized spacial score (nSPS) is 17.0. The van der Waals surface area contributed by atoms with Gasteiger partial charge in [-0.3, -0.25) is 24.1 Å². The number of rotatable bonds is 17. The lowest BCUT2D eigenvalue weighted by Crippen LogP contribution is -2.58. The van der Waals surface area contributed by atoms with Gasteiger partial charge in [-0.05, 0) is 116 Å². The number of likely N-dealkylation sites (tertiary alicyclic amines) is 1. The van der Waals surface area contributed by atoms with Crippen molar-refractivity contribution in [2.45, 2.75) is 97.3 Å². The van der Waals surface area contributed by atoms with Crippen LogP contribution in [0.4, 0.5) is 24.5 Å². The topological polar surface area (TPSA) is 209 Å². The van der Waals surface area contributed by atoms with E-state index in [2.05, 4.69) is 15.6 Å². The van der Waals surface area contributed by atoms with Crippen LogP contribution < -0.4 is 25.2 Å². The molecule has 15 nitrogen and oxygen atoms in total. The second kappa shape index (κ2) is 23.0. The molecular weight excluding hydrogens is 984 g/mol. The minimum Gasteiger partial charge on any atom is -0.494 e. The van der Waals surface area contributed by atoms with Gasteiger partial charge < -0.3 is 40.5 Å². The number of nitrogens with one attached hydrogen (secondary N) is 2. The van der Waals surface area contributed by atoms with Crippen molar-refractivity contribution in [1.29, 1.82) is 5.26 Å². The molecule has 0 radical (unpaired) electrons. The van der Waals surface area contributed by atoms with Crippen LogP contribution in [0.3, 0.4) is 0 Å². The fraction of sp³-hybridized carbons (Fsp3) is 0.377. The number of aliphatic hydroxyl groups is 1. The second-order valence-corrected chi connectivity index (χ2v) is 20.5. The first-order chi connectivity index (χ1) is 34.1. The van der Waals surface area contributed by atoms with Crippen molar-refractivity contribution in [3.05, 3.63) is 119 Å². The third-order valence-electron chi connectivity index (χ3n) is 12.6. The number of nitrogens with zero attached hydrogens (tertiary/aromatic N) is 5. The van der Waals surface area contributed by atoms with Crippen LogP contribution in [0.1, 0.15) is 76.3 Å². The predicted molar refractivity (Wildman–Crippen MR) is 275 cm³/mol. The fourth-order valence-corrected chi connectivity index (χ4v) is 9.98. The number of aryl methyl sites for hydroxylation is 1. The zero-order valence-electron chi connectivity index (χ0n) is 41.2. The number of benzene rings is 4. The summed E-state index contributed by atoms with van der Waals surface area (Å²) in [7, 11) is 0. The van der Waals surface area contributed by atoms with E-state index in [1.54, 1.807) is 53.8 Å². The Bertz CT molecular complexity index is 2850. The number of amides is 4. The number of hydrogen-bond acceptors (Lipinski definition) is 11. The number of unbranched alkanes of at least 4 members (excludes halogenated alkanes) is 1. The summed E-state index contributed by atoms with van der Waals surface area (Å²) in [6.45, 7) is 11.3. The number of aliphatic hydroxyl groups excluding tert-OH is 1. The molecule has 2 fully saturated rings. The van der Waals surface area contributed by atoms with Gasteiger partial charge in [0.05, 0.1) is 51.7 Å². The molecular formula is C53H58F3N7O8S2. The molecule has 3 heterocycles. The lowest BCUT2D eigenvalue weighted by atomic mass is 9.85. The van der Waals surface area contributed by atoms with Gasteiger partial charge in [0, 0.05) is 31.8 Å². The monoisotopic (exact) mass is 1040 g/mol. The van der Waals surface area contributed by atoms with E-state index in [0.717, 1.165) is 49.9 Å². The van der Waals surface area contributed by atoms with Crippen LogP contribution >= 0.6 is 23.6 Å². The summed E-state index contributed by atoms with van der Waals surface area (Å²) in [5.74, 6) is -1.20. The SMILES string of the molecule is Cc1ncsc1-c1ccc(CNC(=O)C2CC(O)CN2C(=O)C(NC(=O)COCCCCOc2ccc(-c3ccc(N4C(=S)N(c5ccc(C#N)c(C(F)(F)F)c5)C(=O)C4(C)C)cc3)cc2)C(C)(C)C)cc1.O. The highest BCUT2D eigenvalue weighted by Crippen LogP contribution is 2.40. The van der Waals surface area contributed by atoms with E-state index in [1.807, 2.05) is 88.4 Å². The van der Waals surface area contributed by atoms with Gasteiger partial charge in [-0.2, -0.15) is 18.4 Å². The Morgan fingerprint density at radius 3 is 2.16 bits per heavy atom. The van der Waals surface area contributed by atoms with Gasteiger partial charge >= 0.3 is 6.18 Å². The molecule has 5 N–H and O–H groups in total. The van der Waals surface area contributed by atoms with Crippen molar-refractivity contribution >= 4 is 63.7 Å². The van der Waals surface area contributed by atoms with Crippen LogP contribution in [-0.2, 0) is 36.6 Å². The summed E-state index contributed by atoms with van der Waals surface area (Å²) in [6, 6.07) is 25.3. The summed E-state index contributed by atoms with van der Waals surface area (Å²) in [4.78, 5) is 63.6. The van der Waals surface area contributed by atoms with Crippen LogP contribution in [0.25, 0.3) is 21.6 Å². The number of ether oxygens (including phenoxy) is 2. The molecule has 2 saturated heterocycles. The molecule has 3 unspecified atom stereocenters. The lowest BCUT2D eigenvalue weighted by Gasteiger charge is -2.35. The second-order valence-electron chi connectivity index (χ2n) is 19.3. The summed E-state index contributed by atoms with van der Waals surface area (Å²) >= 11 is 7.23. The number of thiazole rings is 1. The molecule has 0 aliphatic carbocycles. The van der Waals surface area contributed by atoms with Gasteiger partial charge in [-0.25, -0.2) is 4.98 Å². The number of thiocarbonyl (C=S) groups is 1. The molecule has 73 heavy (non-hydrogen) atoms. The summed E-state index contributed by atoms with van der Waals surface area (Å²) in [6.07, 6.45) is -4.39. The maximum absolute atomic E-state index is 14.0. The lowest BCUT2D eigenvalue weighted by molar-refractivity contribution is -0.144. The van der Waals surface area contributed by atoms with Gasteiger partial charge in [-0.1, -0.05) is 69.3 Å². The molecule has 0 bridgehead atoms. The Labute approximate surface area is 431 Å². The Morgan fingerprint density at radius 2 is 1.56 bits per heavy atom. The van der Waals surface area contributed by atoms with Crippen molar-refractivity contribution in [1.82, 2.24) is 20.5 Å². The molecule has 386 valence electrons. The van der Waals surface area contributed by atoms with E-state index in [0.29, 0.717) is 30.9 Å². The highest BCUT2D eigenvalue weighted by atomic mass is 32.1. The van der Waals surface area contributed by atoms with Crippen LogP contribution in [0.2, 0.25) is 0 Å². The molecule has 5 aromatic rings. The van der Waals surface area contributed by atoms with E-state index in [1.165, 1.54) is 11.0 Å². The van der Waals surface area contributed by atoms with Gasteiger partial charge in [0.15, 0.2) is 5.11 Å². The maximum Gasteiger partial charge on any atom is 0.417 e. The standard InChI is InChI=1S/C53H56F3N7O7S2.H2O/c1-32-45(72-31-59-32)36-11-9-33(10-12-36)28-58-47(66)43-26-40(64)29-61(43)48(67)46(51(2,3)4)60-44(65)30-69-23-7-8-24-70-41-21-16-35(17-22-41)34-13-18-38(19-14-34)63-50(71)62(49(68)52(63,5)6)39-20-15-37(27-57)42(25-39)53(54,55)56;/h9-22,25,31,40,43,46,64H,7-8,23-24,26,28-30H2,1-6H3,(H,58,66)(H,60,65);1H2. The van der Waals surface area contributed by atoms with E-state index < -0.39 is 64.2 Å². The molecule has 3 atom stereocenters. The van der Waals surface area contributed by atoms with E-state index >= 15 is 0 Å². The molecule has 0 saturated carbocycles. The van der Waals surface area contributed by atoms with Gasteiger partial charge in [-0.15, -0.1) is 11.3 Å². The number of carbonyl (C=O) groups is 4. The number of nitriles is 1. The maximum atomic E-state index is 14.0. The Hall–Kier alpha value is -6.76. The molecule has 0 spiro atoms. The Kier molecular flexibility index (Phi) is 17.5. The smallest absolute Gasteiger partial charge is 0.417 e. The van der Waals surface area contributed by atoms with Crippen LogP contribution in [0.15, 0.2) is 96.5 Å². The zero-order valence-corrected chi connectivity index (χ0v) is 42.8. The first kappa shape index (κ1) is 55.6. The van der Waals surface area contributed by atoms with Crippen molar-refractivity contribution in [3.63, 3.8) is 0 Å². The van der Waals surface area contributed by atoms with Crippen molar-refractivity contribution in [3.8, 4) is 33.4 Å². The van der Waals surface area contributed by atoms with E-state index in [9.17, 15) is 42.7 Å². The largest absolute Gasteiger partial charge is 0.494 e. The number of anilines is 2. The van der Waals surface area contributed by atoms with E-state index in [4.69, 9.17) is 21.7 Å². The molecule has 20 heteroatoms. The number of alkyl halides is 3. The first-order valence-electron chi connectivity index (χ1n) is 23.3. The van der Waals surface area contributed by atoms with Crippen LogP contribution in [0.5, 0.6) is 5.75 Å². The van der Waals surface area contributed by atoms with Crippen molar-refractivity contribution in [2.75, 3.05) is 36.2 Å². The average molecular weight is 1040 g/mol. The average Bonchev–Trinajstić information content (AvgIpc) is 4.01. The van der Waals surface area contributed by atoms with Crippen molar-refractivity contribution < 1.29 is 52.4 Å². The van der Waals surface area contributed by atoms with Crippen molar-refractivity contribution in [2.24, 2.45) is 5.41 Å². The quantitative estimate of drug-likeness (QED) is 0.0606. The Morgan fingerprint density at radius 1 is 0.945 bits per heavy atom. The third-order valence-corrected chi connectivity index (χ3v) is 13.9. The predicted octanol–water partition coefficient (Wildman–Crippen LogP) is 7.75. The van der Waals surface area contributed by atoms with Gasteiger partial charge in [0.1, 0.15) is 30.0 Å². The summed E-state index contributed by atoms with van der Waals surface area (Å²) < 4.78 is 52.9. The minimum atomic E-state index is -4.81. The molecule has 1 aromatic heterocycles. The summed E-state index contributed by atoms with van der Waals surface area (Å²) in [5, 5.41) is 25.5. The number of carbonyl (C=O) groups excluding carboxylic acids is 4. The molecule has 7 rings (SSSR count). The fourth-order valence-electron chi connectivity index (χ4n) is 8.65. The van der Waals surface area contributed by atoms with E-state index in [-0.39, 0.29) is 54.9 Å². The number of halogens is 3. The zero-order chi connectivity index (χ0) is 52.1. The number of hydrogen-bond donors (Lipinski definition) is 3. The molecule has 4 aromatic carbocycles. The highest BCUT2D eigenvalue weighted by molar-refractivity contribution is 7.81. The minimum absolute atomic E-state index is 0. The van der Waals surface area contributed by atoms with Crippen LogP contribution in [0, 0.1) is 23.7 Å². The molecule has 4 amide bonds. The van der Waals surface area contributed by atoms with Crippen LogP contribution in [-0.4, -0.2) is 99.3 Å². The summed E-state index contributed by atoms with van der Waals surface area (Å²) in [5.41, 5.74) is 3.23. The Balaban J connectivity index is 0.00000869. The number of β-amino-alcohol motifs (C(OH)–C–C–N with tert-alkyl or cyclic N) is 1. The highest BCUT2D eigenvalue weighted by Gasteiger charge is 2.51. The third kappa shape index (κ3) is 12.7. The molecule has 2 aliphatic rings. The molecule has 2 aliphatic heterocycles. The first-order valence-corrected chi connectivity index (χ1v) is 24.6. The number of aromatic nitrogens is 1. The van der Waals surface area contributed by atoms with Gasteiger partial charge in [0.2, 0.25) is 17.7 Å². The van der Waals surface area contributed by atoms with Gasteiger partial charge in [0.25, 0.3) is 5.91 Å².